The van der Waals surface area contributed by atoms with E-state index in [1.807, 2.05) is 17.8 Å². The van der Waals surface area contributed by atoms with Gasteiger partial charge in [0.15, 0.2) is 5.82 Å². The number of carbonyl (C=O) groups excluding carboxylic acids is 1. The molecule has 1 aromatic heterocycles. The Labute approximate surface area is 168 Å². The molecule has 0 N–H and O–H groups in total. The molecule has 2 saturated heterocycles. The lowest BCUT2D eigenvalue weighted by molar-refractivity contribution is 0.0441. The maximum absolute atomic E-state index is 13.7. The molecule has 2 aliphatic heterocycles. The van der Waals surface area contributed by atoms with E-state index in [1.54, 1.807) is 6.20 Å². The minimum atomic E-state index is 0.0146. The number of fused-ring (bicyclic) bond motifs is 1. The Bertz CT molecular complexity index is 817. The van der Waals surface area contributed by atoms with Gasteiger partial charge in [-0.15, -0.1) is 0 Å². The van der Waals surface area contributed by atoms with Crippen LogP contribution in [0, 0.1) is 0 Å². The number of aromatic nitrogens is 2. The summed E-state index contributed by atoms with van der Waals surface area (Å²) in [6.45, 7) is 3.47. The Morgan fingerprint density at radius 1 is 1.18 bits per heavy atom. The molecular formula is C23H32N4O. The number of rotatable bonds is 3. The highest BCUT2D eigenvalue weighted by Crippen LogP contribution is 2.42. The fraction of sp³-hybridized carbons (Fsp3) is 0.565. The van der Waals surface area contributed by atoms with Gasteiger partial charge in [0.05, 0.1) is 6.04 Å². The van der Waals surface area contributed by atoms with Crippen LogP contribution in [0.2, 0.25) is 0 Å². The number of hydrogen-bond acceptors (Lipinski definition) is 3. The molecule has 2 aliphatic rings. The van der Waals surface area contributed by atoms with Gasteiger partial charge in [-0.25, -0.2) is 4.98 Å². The molecule has 0 bridgehead atoms. The third kappa shape index (κ3) is 3.37. The zero-order valence-corrected chi connectivity index (χ0v) is 17.3. The summed E-state index contributed by atoms with van der Waals surface area (Å²) in [6, 6.07) is 11.0. The molecule has 4 rings (SSSR count). The summed E-state index contributed by atoms with van der Waals surface area (Å²) < 4.78 is 1.85. The van der Waals surface area contributed by atoms with Crippen molar-refractivity contribution in [2.24, 2.45) is 7.05 Å². The average molecular weight is 381 g/mol. The van der Waals surface area contributed by atoms with E-state index in [1.165, 1.54) is 24.8 Å². The van der Waals surface area contributed by atoms with Crippen molar-refractivity contribution >= 4 is 5.91 Å². The van der Waals surface area contributed by atoms with E-state index in [-0.39, 0.29) is 23.5 Å². The van der Waals surface area contributed by atoms with E-state index in [9.17, 15) is 4.79 Å². The van der Waals surface area contributed by atoms with Crippen molar-refractivity contribution < 1.29 is 4.79 Å². The second-order valence-electron chi connectivity index (χ2n) is 8.77. The molecule has 0 aliphatic carbocycles. The SMILES string of the molecule is CN1CCCCC[C@@H]2N(C(=O)c3nccn3C)[C@H](Cc3ccccc3)C[C@@]21C. The third-order valence-corrected chi connectivity index (χ3v) is 7.00. The minimum absolute atomic E-state index is 0.0146. The van der Waals surface area contributed by atoms with Gasteiger partial charge in [-0.2, -0.15) is 0 Å². The normalized spacial score (nSPS) is 28.6. The smallest absolute Gasteiger partial charge is 0.290 e. The number of carbonyl (C=O) groups is 1. The maximum atomic E-state index is 13.7. The van der Waals surface area contributed by atoms with Crippen molar-refractivity contribution in [3.05, 3.63) is 54.1 Å². The summed E-state index contributed by atoms with van der Waals surface area (Å²) in [4.78, 5) is 22.7. The maximum Gasteiger partial charge on any atom is 0.290 e. The van der Waals surface area contributed by atoms with Gasteiger partial charge in [0.1, 0.15) is 0 Å². The lowest BCUT2D eigenvalue weighted by Gasteiger charge is -2.43. The van der Waals surface area contributed by atoms with Gasteiger partial charge in [0, 0.05) is 31.0 Å². The van der Waals surface area contributed by atoms with Crippen LogP contribution < -0.4 is 0 Å². The van der Waals surface area contributed by atoms with Crippen molar-refractivity contribution in [2.45, 2.75) is 63.1 Å². The fourth-order valence-electron chi connectivity index (χ4n) is 5.30. The number of likely N-dealkylation sites (tertiary alicyclic amines) is 2. The predicted octanol–water partition coefficient (Wildman–Crippen LogP) is 3.51. The molecule has 3 heterocycles. The van der Waals surface area contributed by atoms with Crippen LogP contribution in [0.3, 0.4) is 0 Å². The standard InChI is InChI=1S/C23H32N4O/c1-23-17-19(16-18-10-6-4-7-11-18)27(22(28)21-24-13-15-25(21)2)20(23)12-8-5-9-14-26(23)3/h4,6-7,10-11,13,15,19-20H,5,8-9,12,14,16-17H2,1-3H3/t19-,20+,23+/m1/s1. The minimum Gasteiger partial charge on any atom is -0.330 e. The Morgan fingerprint density at radius 2 is 1.96 bits per heavy atom. The molecule has 28 heavy (non-hydrogen) atoms. The lowest BCUT2D eigenvalue weighted by atomic mass is 9.84. The molecule has 0 radical (unpaired) electrons. The van der Waals surface area contributed by atoms with Crippen LogP contribution in [0.15, 0.2) is 42.7 Å². The van der Waals surface area contributed by atoms with Crippen LogP contribution in [-0.4, -0.2) is 56.5 Å². The van der Waals surface area contributed by atoms with Crippen LogP contribution >= 0.6 is 0 Å². The van der Waals surface area contributed by atoms with Gasteiger partial charge >= 0.3 is 0 Å². The number of likely N-dealkylation sites (N-methyl/N-ethyl adjacent to an activating group) is 1. The fourth-order valence-corrected chi connectivity index (χ4v) is 5.30. The zero-order valence-electron chi connectivity index (χ0n) is 17.3. The van der Waals surface area contributed by atoms with E-state index < -0.39 is 0 Å². The highest BCUT2D eigenvalue weighted by Gasteiger charge is 2.53. The van der Waals surface area contributed by atoms with Crippen molar-refractivity contribution in [1.29, 1.82) is 0 Å². The number of hydrogen-bond donors (Lipinski definition) is 0. The van der Waals surface area contributed by atoms with Crippen LogP contribution in [0.1, 0.15) is 55.2 Å². The van der Waals surface area contributed by atoms with Crippen molar-refractivity contribution in [3.63, 3.8) is 0 Å². The van der Waals surface area contributed by atoms with Crippen molar-refractivity contribution in [1.82, 2.24) is 19.4 Å². The summed E-state index contributed by atoms with van der Waals surface area (Å²) in [5, 5.41) is 0. The molecule has 1 amide bonds. The third-order valence-electron chi connectivity index (χ3n) is 7.00. The number of aryl methyl sites for hydroxylation is 1. The Kier molecular flexibility index (Phi) is 5.28. The van der Waals surface area contributed by atoms with Crippen LogP contribution in [-0.2, 0) is 13.5 Å². The molecular weight excluding hydrogens is 348 g/mol. The summed E-state index contributed by atoms with van der Waals surface area (Å²) in [7, 11) is 4.15. The van der Waals surface area contributed by atoms with E-state index in [0.717, 1.165) is 25.8 Å². The average Bonchev–Trinajstić information content (AvgIpc) is 3.22. The van der Waals surface area contributed by atoms with E-state index >= 15 is 0 Å². The zero-order chi connectivity index (χ0) is 19.7. The van der Waals surface area contributed by atoms with Gasteiger partial charge in [0.2, 0.25) is 0 Å². The monoisotopic (exact) mass is 380 g/mol. The van der Waals surface area contributed by atoms with Gasteiger partial charge in [0.25, 0.3) is 5.91 Å². The van der Waals surface area contributed by atoms with Crippen LogP contribution in [0.25, 0.3) is 0 Å². The van der Waals surface area contributed by atoms with Crippen molar-refractivity contribution in [2.75, 3.05) is 13.6 Å². The molecule has 2 fully saturated rings. The number of imidazole rings is 1. The predicted molar refractivity (Wildman–Crippen MR) is 111 cm³/mol. The molecule has 1 aromatic carbocycles. The second-order valence-corrected chi connectivity index (χ2v) is 8.77. The van der Waals surface area contributed by atoms with Crippen LogP contribution in [0.5, 0.6) is 0 Å². The summed E-state index contributed by atoms with van der Waals surface area (Å²) in [5.74, 6) is 0.628. The molecule has 2 aromatic rings. The number of nitrogens with zero attached hydrogens (tertiary/aromatic N) is 4. The highest BCUT2D eigenvalue weighted by atomic mass is 16.2. The molecule has 3 atom stereocenters. The van der Waals surface area contributed by atoms with E-state index in [2.05, 4.69) is 59.1 Å². The highest BCUT2D eigenvalue weighted by molar-refractivity contribution is 5.91. The Morgan fingerprint density at radius 3 is 2.68 bits per heavy atom. The Hall–Kier alpha value is -2.14. The van der Waals surface area contributed by atoms with Gasteiger partial charge in [-0.1, -0.05) is 43.2 Å². The first kappa shape index (κ1) is 19.2. The second kappa shape index (κ2) is 7.70. The van der Waals surface area contributed by atoms with E-state index in [4.69, 9.17) is 0 Å². The summed E-state index contributed by atoms with van der Waals surface area (Å²) >= 11 is 0. The summed E-state index contributed by atoms with van der Waals surface area (Å²) in [6.07, 6.45) is 10.2. The molecule has 5 nitrogen and oxygen atoms in total. The quantitative estimate of drug-likeness (QED) is 0.818. The number of amides is 1. The van der Waals surface area contributed by atoms with Gasteiger partial charge in [-0.05, 0) is 51.8 Å². The first-order valence-electron chi connectivity index (χ1n) is 10.6. The summed E-state index contributed by atoms with van der Waals surface area (Å²) in [5.41, 5.74) is 1.31. The molecule has 150 valence electrons. The Balaban J connectivity index is 1.72. The van der Waals surface area contributed by atoms with Crippen molar-refractivity contribution in [3.8, 4) is 0 Å². The first-order valence-corrected chi connectivity index (χ1v) is 10.6. The lowest BCUT2D eigenvalue weighted by Crippen LogP contribution is -2.55. The molecule has 5 heteroatoms. The first-order chi connectivity index (χ1) is 13.5. The van der Waals surface area contributed by atoms with Crippen LogP contribution in [0.4, 0.5) is 0 Å². The van der Waals surface area contributed by atoms with Gasteiger partial charge in [-0.3, -0.25) is 9.69 Å². The molecule has 0 saturated carbocycles. The molecule has 0 spiro atoms. The van der Waals surface area contributed by atoms with Gasteiger partial charge < -0.3 is 9.47 Å². The largest absolute Gasteiger partial charge is 0.330 e. The topological polar surface area (TPSA) is 41.4 Å². The number of benzene rings is 1. The van der Waals surface area contributed by atoms with E-state index in [0.29, 0.717) is 5.82 Å². The molecule has 0 unspecified atom stereocenters.